The van der Waals surface area contributed by atoms with E-state index in [9.17, 15) is 9.59 Å². The SMILES string of the molecule is Cc1ccc(Nc2nc(Cl)c(C=NNC(=O)CN3CCCC3=O)s2)cc1Cl. The molecule has 1 aliphatic rings. The van der Waals surface area contributed by atoms with E-state index in [1.54, 1.807) is 6.07 Å². The Kier molecular flexibility index (Phi) is 6.30. The molecule has 0 spiro atoms. The molecule has 1 aromatic heterocycles. The van der Waals surface area contributed by atoms with Gasteiger partial charge in [0.2, 0.25) is 5.91 Å². The number of carbonyl (C=O) groups is 2. The van der Waals surface area contributed by atoms with Crippen LogP contribution in [0.1, 0.15) is 23.3 Å². The Morgan fingerprint density at radius 1 is 1.44 bits per heavy atom. The van der Waals surface area contributed by atoms with Gasteiger partial charge >= 0.3 is 0 Å². The molecule has 142 valence electrons. The molecule has 7 nitrogen and oxygen atoms in total. The number of hydrogen-bond acceptors (Lipinski definition) is 6. The maximum Gasteiger partial charge on any atom is 0.259 e. The maximum absolute atomic E-state index is 11.8. The Morgan fingerprint density at radius 2 is 2.26 bits per heavy atom. The van der Waals surface area contributed by atoms with Crippen LogP contribution in [-0.2, 0) is 9.59 Å². The van der Waals surface area contributed by atoms with Crippen molar-refractivity contribution in [3.8, 4) is 0 Å². The van der Waals surface area contributed by atoms with E-state index in [4.69, 9.17) is 23.2 Å². The van der Waals surface area contributed by atoms with Gasteiger partial charge in [-0.25, -0.2) is 10.4 Å². The molecule has 2 aromatic rings. The van der Waals surface area contributed by atoms with Gasteiger partial charge in [-0.15, -0.1) is 0 Å². The van der Waals surface area contributed by atoms with Crippen LogP contribution in [0.25, 0.3) is 0 Å². The minimum atomic E-state index is -0.352. The van der Waals surface area contributed by atoms with Crippen LogP contribution in [0.3, 0.4) is 0 Å². The van der Waals surface area contributed by atoms with E-state index >= 15 is 0 Å². The molecule has 1 fully saturated rings. The summed E-state index contributed by atoms with van der Waals surface area (Å²) in [5, 5.41) is 8.53. The molecule has 0 atom stereocenters. The summed E-state index contributed by atoms with van der Waals surface area (Å²) in [5.74, 6) is -0.360. The smallest absolute Gasteiger partial charge is 0.259 e. The maximum atomic E-state index is 11.8. The van der Waals surface area contributed by atoms with Crippen LogP contribution < -0.4 is 10.7 Å². The number of thiazole rings is 1. The Balaban J connectivity index is 1.57. The van der Waals surface area contributed by atoms with Crippen LogP contribution in [0.4, 0.5) is 10.8 Å². The van der Waals surface area contributed by atoms with Gasteiger partial charge in [-0.2, -0.15) is 5.10 Å². The summed E-state index contributed by atoms with van der Waals surface area (Å²) in [7, 11) is 0. The Labute approximate surface area is 170 Å². The number of hydrazone groups is 1. The van der Waals surface area contributed by atoms with Crippen molar-refractivity contribution in [1.29, 1.82) is 0 Å². The van der Waals surface area contributed by atoms with Gasteiger partial charge in [0, 0.05) is 23.7 Å². The molecule has 0 radical (unpaired) electrons. The van der Waals surface area contributed by atoms with Crippen molar-refractivity contribution in [3.05, 3.63) is 38.8 Å². The van der Waals surface area contributed by atoms with Gasteiger partial charge in [0.05, 0.1) is 11.1 Å². The number of nitrogens with zero attached hydrogens (tertiary/aromatic N) is 3. The highest BCUT2D eigenvalue weighted by atomic mass is 35.5. The van der Waals surface area contributed by atoms with Crippen LogP contribution in [0, 0.1) is 6.92 Å². The highest BCUT2D eigenvalue weighted by molar-refractivity contribution is 7.17. The van der Waals surface area contributed by atoms with Gasteiger partial charge in [0.15, 0.2) is 10.3 Å². The van der Waals surface area contributed by atoms with E-state index in [1.807, 2.05) is 19.1 Å². The molecular formula is C17H17Cl2N5O2S. The van der Waals surface area contributed by atoms with Gasteiger partial charge in [-0.1, -0.05) is 40.6 Å². The fraction of sp³-hybridized carbons (Fsp3) is 0.294. The van der Waals surface area contributed by atoms with Gasteiger partial charge in [-0.3, -0.25) is 9.59 Å². The van der Waals surface area contributed by atoms with Crippen molar-refractivity contribution in [2.24, 2.45) is 5.10 Å². The molecule has 0 aliphatic carbocycles. The summed E-state index contributed by atoms with van der Waals surface area (Å²) in [6.45, 7) is 2.54. The number of nitrogens with one attached hydrogen (secondary N) is 2. The zero-order chi connectivity index (χ0) is 19.4. The number of benzene rings is 1. The molecule has 1 aliphatic heterocycles. The van der Waals surface area contributed by atoms with E-state index in [0.717, 1.165) is 17.7 Å². The highest BCUT2D eigenvalue weighted by Gasteiger charge is 2.22. The predicted octanol–water partition coefficient (Wildman–Crippen LogP) is 3.57. The predicted molar refractivity (Wildman–Crippen MR) is 108 cm³/mol. The second-order valence-corrected chi connectivity index (χ2v) is 7.77. The number of anilines is 2. The average molecular weight is 426 g/mol. The quantitative estimate of drug-likeness (QED) is 0.546. The van der Waals surface area contributed by atoms with Gasteiger partial charge < -0.3 is 10.2 Å². The van der Waals surface area contributed by atoms with Gasteiger partial charge in [0.25, 0.3) is 5.91 Å². The third kappa shape index (κ3) is 5.18. The van der Waals surface area contributed by atoms with Crippen molar-refractivity contribution in [2.45, 2.75) is 19.8 Å². The second-order valence-electron chi connectivity index (χ2n) is 5.98. The first-order valence-corrected chi connectivity index (χ1v) is 9.79. The van der Waals surface area contributed by atoms with Crippen LogP contribution in [0.5, 0.6) is 0 Å². The lowest BCUT2D eigenvalue weighted by Crippen LogP contribution is -2.35. The average Bonchev–Trinajstić information content (AvgIpc) is 3.17. The van der Waals surface area contributed by atoms with E-state index in [2.05, 4.69) is 20.8 Å². The summed E-state index contributed by atoms with van der Waals surface area (Å²) < 4.78 is 0. The minimum Gasteiger partial charge on any atom is -0.333 e. The fourth-order valence-electron chi connectivity index (χ4n) is 2.48. The largest absolute Gasteiger partial charge is 0.333 e. The molecule has 10 heteroatoms. The van der Waals surface area contributed by atoms with E-state index in [-0.39, 0.29) is 23.5 Å². The summed E-state index contributed by atoms with van der Waals surface area (Å²) in [6, 6.07) is 5.60. The van der Waals surface area contributed by atoms with Crippen LogP contribution in [-0.4, -0.2) is 41.0 Å². The molecular weight excluding hydrogens is 409 g/mol. The molecule has 0 saturated carbocycles. The zero-order valence-electron chi connectivity index (χ0n) is 14.5. The van der Waals surface area contributed by atoms with E-state index < -0.39 is 0 Å². The molecule has 0 bridgehead atoms. The second kappa shape index (κ2) is 8.69. The number of hydrogen-bond donors (Lipinski definition) is 2. The first kappa shape index (κ1) is 19.6. The number of rotatable bonds is 6. The third-order valence-electron chi connectivity index (χ3n) is 3.91. The van der Waals surface area contributed by atoms with Crippen molar-refractivity contribution < 1.29 is 9.59 Å². The summed E-state index contributed by atoms with van der Waals surface area (Å²) >= 11 is 13.5. The minimum absolute atomic E-state index is 0.00752. The van der Waals surface area contributed by atoms with Crippen LogP contribution in [0.2, 0.25) is 10.2 Å². The lowest BCUT2D eigenvalue weighted by Gasteiger charge is -2.13. The monoisotopic (exact) mass is 425 g/mol. The van der Waals surface area contributed by atoms with Crippen LogP contribution in [0.15, 0.2) is 23.3 Å². The van der Waals surface area contributed by atoms with Crippen molar-refractivity contribution in [2.75, 3.05) is 18.4 Å². The van der Waals surface area contributed by atoms with Gasteiger partial charge in [-0.05, 0) is 31.0 Å². The lowest BCUT2D eigenvalue weighted by molar-refractivity contribution is -0.133. The highest BCUT2D eigenvalue weighted by Crippen LogP contribution is 2.29. The molecule has 3 rings (SSSR count). The fourth-order valence-corrected chi connectivity index (χ4v) is 3.71. The summed E-state index contributed by atoms with van der Waals surface area (Å²) in [6.07, 6.45) is 2.71. The lowest BCUT2D eigenvalue weighted by atomic mass is 10.2. The van der Waals surface area contributed by atoms with Crippen molar-refractivity contribution >= 4 is 63.4 Å². The number of amides is 2. The first-order chi connectivity index (χ1) is 12.9. The molecule has 0 unspecified atom stereocenters. The molecule has 27 heavy (non-hydrogen) atoms. The standard InChI is InChI=1S/C17H17Cl2N5O2S/c1-10-4-5-11(7-12(10)18)21-17-22-16(19)13(27-17)8-20-23-14(25)9-24-6-2-3-15(24)26/h4-5,7-8H,2-3,6,9H2,1H3,(H,21,22)(H,23,25). The third-order valence-corrected chi connectivity index (χ3v) is 5.62. The van der Waals surface area contributed by atoms with E-state index in [1.165, 1.54) is 22.5 Å². The number of aryl methyl sites for hydroxylation is 1. The topological polar surface area (TPSA) is 86.7 Å². The molecule has 2 amide bonds. The van der Waals surface area contributed by atoms with Crippen molar-refractivity contribution in [3.63, 3.8) is 0 Å². The number of halogens is 2. The first-order valence-electron chi connectivity index (χ1n) is 8.21. The molecule has 1 saturated heterocycles. The number of aromatic nitrogens is 1. The number of carbonyl (C=O) groups excluding carboxylic acids is 2. The molecule has 2 heterocycles. The zero-order valence-corrected chi connectivity index (χ0v) is 16.8. The normalized spacial score (nSPS) is 14.2. The summed E-state index contributed by atoms with van der Waals surface area (Å²) in [5.41, 5.74) is 4.18. The summed E-state index contributed by atoms with van der Waals surface area (Å²) in [4.78, 5) is 29.7. The Morgan fingerprint density at radius 3 is 2.96 bits per heavy atom. The number of likely N-dealkylation sites (tertiary alicyclic amines) is 1. The van der Waals surface area contributed by atoms with E-state index in [0.29, 0.717) is 28.0 Å². The Hall–Kier alpha value is -2.16. The molecule has 2 N–H and O–H groups in total. The van der Waals surface area contributed by atoms with Crippen LogP contribution >= 0.6 is 34.5 Å². The Bertz CT molecular complexity index is 899. The van der Waals surface area contributed by atoms with Gasteiger partial charge in [0.1, 0.15) is 6.54 Å². The van der Waals surface area contributed by atoms with Crippen molar-refractivity contribution in [1.82, 2.24) is 15.3 Å². The molecule has 1 aromatic carbocycles.